The summed E-state index contributed by atoms with van der Waals surface area (Å²) < 4.78 is 5.49. The average Bonchev–Trinajstić information content (AvgIpc) is 3.33. The zero-order valence-electron chi connectivity index (χ0n) is 14.2. The minimum Gasteiger partial charge on any atom is -0.342 e. The number of hydrogen-bond acceptors (Lipinski definition) is 4. The third kappa shape index (κ3) is 3.56. The van der Waals surface area contributed by atoms with E-state index in [9.17, 15) is 4.79 Å². The fourth-order valence-electron chi connectivity index (χ4n) is 3.92. The van der Waals surface area contributed by atoms with Gasteiger partial charge in [0.2, 0.25) is 17.6 Å². The number of aromatic nitrogens is 2. The number of carbonyl (C=O) groups is 1. The van der Waals surface area contributed by atoms with Gasteiger partial charge in [-0.15, -0.1) is 0 Å². The van der Waals surface area contributed by atoms with E-state index in [0.717, 1.165) is 44.3 Å². The number of halogens is 1. The van der Waals surface area contributed by atoms with E-state index in [1.807, 2.05) is 29.2 Å². The van der Waals surface area contributed by atoms with Gasteiger partial charge in [-0.05, 0) is 37.8 Å². The molecule has 0 spiro atoms. The van der Waals surface area contributed by atoms with Crippen LogP contribution >= 0.6 is 11.6 Å². The van der Waals surface area contributed by atoms with Gasteiger partial charge < -0.3 is 9.42 Å². The molecule has 0 atom stereocenters. The molecule has 0 radical (unpaired) electrons. The summed E-state index contributed by atoms with van der Waals surface area (Å²) in [4.78, 5) is 19.1. The van der Waals surface area contributed by atoms with Crippen molar-refractivity contribution in [3.05, 3.63) is 35.2 Å². The van der Waals surface area contributed by atoms with Crippen LogP contribution in [0.3, 0.4) is 0 Å². The zero-order valence-corrected chi connectivity index (χ0v) is 14.9. The van der Waals surface area contributed by atoms with Crippen LogP contribution in [-0.2, 0) is 4.79 Å². The molecule has 1 aromatic carbocycles. The highest BCUT2D eigenvalue weighted by atomic mass is 35.5. The highest BCUT2D eigenvalue weighted by molar-refractivity contribution is 6.30. The first-order valence-corrected chi connectivity index (χ1v) is 9.47. The Hall–Kier alpha value is -1.88. The number of likely N-dealkylation sites (tertiary alicyclic amines) is 1. The number of carbonyl (C=O) groups excluding carboxylic acids is 1. The van der Waals surface area contributed by atoms with Crippen LogP contribution in [0.2, 0.25) is 5.02 Å². The Labute approximate surface area is 152 Å². The number of hydrogen-bond donors (Lipinski definition) is 0. The Bertz CT molecular complexity index is 747. The van der Waals surface area contributed by atoms with Gasteiger partial charge in [-0.2, -0.15) is 4.98 Å². The SMILES string of the molecule is O=C(C1CCCC1)N1CCC(c2nc(-c3cccc(Cl)c3)no2)CC1. The van der Waals surface area contributed by atoms with Crippen LogP contribution in [-0.4, -0.2) is 34.0 Å². The van der Waals surface area contributed by atoms with Crippen molar-refractivity contribution >= 4 is 17.5 Å². The summed E-state index contributed by atoms with van der Waals surface area (Å²) in [6, 6.07) is 7.45. The smallest absolute Gasteiger partial charge is 0.230 e. The maximum absolute atomic E-state index is 12.5. The number of benzene rings is 1. The van der Waals surface area contributed by atoms with Crippen molar-refractivity contribution in [2.45, 2.75) is 44.4 Å². The lowest BCUT2D eigenvalue weighted by Crippen LogP contribution is -2.40. The van der Waals surface area contributed by atoms with E-state index in [0.29, 0.717) is 22.6 Å². The highest BCUT2D eigenvalue weighted by Gasteiger charge is 2.32. The van der Waals surface area contributed by atoms with Gasteiger partial charge in [-0.3, -0.25) is 4.79 Å². The molecule has 4 rings (SSSR count). The van der Waals surface area contributed by atoms with Crippen molar-refractivity contribution in [3.63, 3.8) is 0 Å². The molecule has 1 amide bonds. The van der Waals surface area contributed by atoms with Gasteiger partial charge in [-0.25, -0.2) is 0 Å². The third-order valence-corrected chi connectivity index (χ3v) is 5.62. The molecule has 0 N–H and O–H groups in total. The average molecular weight is 360 g/mol. The van der Waals surface area contributed by atoms with E-state index >= 15 is 0 Å². The lowest BCUT2D eigenvalue weighted by atomic mass is 9.95. The highest BCUT2D eigenvalue weighted by Crippen LogP contribution is 2.32. The number of piperidine rings is 1. The van der Waals surface area contributed by atoms with Crippen LogP contribution in [0.25, 0.3) is 11.4 Å². The molecular weight excluding hydrogens is 338 g/mol. The second kappa shape index (κ2) is 7.16. The summed E-state index contributed by atoms with van der Waals surface area (Å²) in [7, 11) is 0. The van der Waals surface area contributed by atoms with E-state index in [1.165, 1.54) is 12.8 Å². The number of nitrogens with zero attached hydrogens (tertiary/aromatic N) is 3. The molecular formula is C19H22ClN3O2. The molecule has 1 saturated heterocycles. The molecule has 25 heavy (non-hydrogen) atoms. The molecule has 1 aliphatic carbocycles. The fraction of sp³-hybridized carbons (Fsp3) is 0.526. The van der Waals surface area contributed by atoms with E-state index in [1.54, 1.807) is 0 Å². The van der Waals surface area contributed by atoms with Crippen molar-refractivity contribution in [3.8, 4) is 11.4 Å². The minimum atomic E-state index is 0.230. The van der Waals surface area contributed by atoms with Gasteiger partial charge in [0, 0.05) is 35.5 Å². The molecule has 1 aliphatic heterocycles. The monoisotopic (exact) mass is 359 g/mol. The van der Waals surface area contributed by atoms with Crippen LogP contribution < -0.4 is 0 Å². The first kappa shape index (κ1) is 16.6. The van der Waals surface area contributed by atoms with Crippen LogP contribution in [0.1, 0.15) is 50.3 Å². The summed E-state index contributed by atoms with van der Waals surface area (Å²) in [6.45, 7) is 1.57. The van der Waals surface area contributed by atoms with Crippen molar-refractivity contribution in [1.82, 2.24) is 15.0 Å². The molecule has 1 saturated carbocycles. The Kier molecular flexibility index (Phi) is 4.75. The topological polar surface area (TPSA) is 59.2 Å². The molecule has 6 heteroatoms. The molecule has 1 aromatic heterocycles. The molecule has 5 nitrogen and oxygen atoms in total. The van der Waals surface area contributed by atoms with Gasteiger partial charge in [-0.1, -0.05) is 41.7 Å². The van der Waals surface area contributed by atoms with Gasteiger partial charge in [0.05, 0.1) is 0 Å². The Morgan fingerprint density at radius 2 is 1.92 bits per heavy atom. The lowest BCUT2D eigenvalue weighted by Gasteiger charge is -2.32. The molecule has 2 aliphatic rings. The van der Waals surface area contributed by atoms with Crippen LogP contribution in [0, 0.1) is 5.92 Å². The summed E-state index contributed by atoms with van der Waals surface area (Å²) >= 11 is 6.03. The Morgan fingerprint density at radius 1 is 1.16 bits per heavy atom. The van der Waals surface area contributed by atoms with E-state index in [-0.39, 0.29) is 11.8 Å². The van der Waals surface area contributed by atoms with Crippen LogP contribution in [0.15, 0.2) is 28.8 Å². The Balaban J connectivity index is 1.39. The summed E-state index contributed by atoms with van der Waals surface area (Å²) in [5.74, 6) is 2.08. The van der Waals surface area contributed by atoms with E-state index in [2.05, 4.69) is 10.1 Å². The number of amides is 1. The predicted octanol–water partition coefficient (Wildman–Crippen LogP) is 4.29. The van der Waals surface area contributed by atoms with Gasteiger partial charge in [0.25, 0.3) is 0 Å². The zero-order chi connectivity index (χ0) is 17.2. The first-order chi connectivity index (χ1) is 12.2. The Morgan fingerprint density at radius 3 is 2.64 bits per heavy atom. The summed E-state index contributed by atoms with van der Waals surface area (Å²) in [6.07, 6.45) is 6.28. The van der Waals surface area contributed by atoms with Crippen molar-refractivity contribution in [1.29, 1.82) is 0 Å². The molecule has 2 fully saturated rings. The fourth-order valence-corrected chi connectivity index (χ4v) is 4.11. The minimum absolute atomic E-state index is 0.230. The normalized spacial score (nSPS) is 19.5. The standard InChI is InChI=1S/C19H22ClN3O2/c20-16-7-3-6-15(12-16)17-21-18(25-22-17)13-8-10-23(11-9-13)19(24)14-4-1-2-5-14/h3,6-7,12-14H,1-2,4-5,8-11H2. The van der Waals surface area contributed by atoms with E-state index < -0.39 is 0 Å². The molecule has 2 aromatic rings. The van der Waals surface area contributed by atoms with E-state index in [4.69, 9.17) is 16.1 Å². The van der Waals surface area contributed by atoms with Gasteiger partial charge in [0.1, 0.15) is 0 Å². The van der Waals surface area contributed by atoms with Crippen molar-refractivity contribution < 1.29 is 9.32 Å². The van der Waals surface area contributed by atoms with Crippen molar-refractivity contribution in [2.24, 2.45) is 5.92 Å². The molecule has 2 heterocycles. The summed E-state index contributed by atoms with van der Waals surface area (Å²) in [5.41, 5.74) is 0.858. The molecule has 0 bridgehead atoms. The quantitative estimate of drug-likeness (QED) is 0.820. The molecule has 0 unspecified atom stereocenters. The number of rotatable bonds is 3. The first-order valence-electron chi connectivity index (χ1n) is 9.09. The van der Waals surface area contributed by atoms with Crippen LogP contribution in [0.5, 0.6) is 0 Å². The van der Waals surface area contributed by atoms with Crippen molar-refractivity contribution in [2.75, 3.05) is 13.1 Å². The summed E-state index contributed by atoms with van der Waals surface area (Å²) in [5, 5.41) is 4.75. The lowest BCUT2D eigenvalue weighted by molar-refractivity contribution is -0.136. The maximum atomic E-state index is 12.5. The van der Waals surface area contributed by atoms with Gasteiger partial charge >= 0.3 is 0 Å². The maximum Gasteiger partial charge on any atom is 0.230 e. The largest absolute Gasteiger partial charge is 0.342 e. The third-order valence-electron chi connectivity index (χ3n) is 5.38. The molecule has 132 valence electrons. The second-order valence-electron chi connectivity index (χ2n) is 7.05. The predicted molar refractivity (Wildman–Crippen MR) is 95.3 cm³/mol. The second-order valence-corrected chi connectivity index (χ2v) is 7.48. The van der Waals surface area contributed by atoms with Gasteiger partial charge in [0.15, 0.2) is 0 Å². The van der Waals surface area contributed by atoms with Crippen LogP contribution in [0.4, 0.5) is 0 Å².